The number of alkyl halides is 3. The monoisotopic (exact) mass is 474 g/mol. The number of amides is 1. The molecule has 2 aromatic heterocycles. The van der Waals surface area contributed by atoms with Gasteiger partial charge in [-0.25, -0.2) is 23.4 Å². The first kappa shape index (κ1) is 22.6. The maximum Gasteiger partial charge on any atom is 0.403 e. The van der Waals surface area contributed by atoms with Crippen LogP contribution in [0.3, 0.4) is 0 Å². The van der Waals surface area contributed by atoms with E-state index in [1.807, 2.05) is 0 Å². The highest BCUT2D eigenvalue weighted by Crippen LogP contribution is 2.26. The van der Waals surface area contributed by atoms with Crippen molar-refractivity contribution in [2.24, 2.45) is 0 Å². The minimum absolute atomic E-state index is 0.207. The lowest BCUT2D eigenvalue weighted by atomic mass is 10.2. The molecule has 0 unspecified atom stereocenters. The summed E-state index contributed by atoms with van der Waals surface area (Å²) < 4.78 is 63.1. The third kappa shape index (κ3) is 5.55. The molecule has 2 heterocycles. The molecule has 0 aliphatic heterocycles. The molecule has 0 aliphatic rings. The summed E-state index contributed by atoms with van der Waals surface area (Å²) in [5.41, 5.74) is -0.234. The fourth-order valence-electron chi connectivity index (χ4n) is 2.62. The van der Waals surface area contributed by atoms with Gasteiger partial charge in [-0.2, -0.15) is 23.0 Å². The summed E-state index contributed by atoms with van der Waals surface area (Å²) in [4.78, 5) is 24.1. The number of rotatable bonds is 6. The van der Waals surface area contributed by atoms with Crippen molar-refractivity contribution < 1.29 is 26.4 Å². The molecule has 0 saturated heterocycles. The molecule has 0 saturated carbocycles. The summed E-state index contributed by atoms with van der Waals surface area (Å²) in [6, 6.07) is 3.69. The SMILES string of the molecule is C[C@H](NC(=O)c1cc(Cl)cc(S(=O)(=O)CC(F)(F)F)c1)c1ncnn1-c1ncccn1. The van der Waals surface area contributed by atoms with Gasteiger partial charge in [0.15, 0.2) is 21.4 Å². The highest BCUT2D eigenvalue weighted by atomic mass is 35.5. The second-order valence-corrected chi connectivity index (χ2v) is 8.75. The Bertz CT molecular complexity index is 1200. The summed E-state index contributed by atoms with van der Waals surface area (Å²) in [5, 5.41) is 6.37. The third-order valence-corrected chi connectivity index (χ3v) is 5.78. The maximum atomic E-state index is 12.6. The largest absolute Gasteiger partial charge is 0.403 e. The average Bonchev–Trinajstić information content (AvgIpc) is 3.16. The maximum absolute atomic E-state index is 12.6. The highest BCUT2D eigenvalue weighted by molar-refractivity contribution is 7.91. The van der Waals surface area contributed by atoms with Crippen molar-refractivity contribution in [2.45, 2.75) is 24.0 Å². The van der Waals surface area contributed by atoms with Gasteiger partial charge in [-0.1, -0.05) is 11.6 Å². The van der Waals surface area contributed by atoms with Crippen molar-refractivity contribution in [2.75, 3.05) is 5.75 Å². The van der Waals surface area contributed by atoms with Crippen LogP contribution in [0.15, 0.2) is 47.9 Å². The van der Waals surface area contributed by atoms with E-state index in [2.05, 4.69) is 25.4 Å². The fraction of sp³-hybridized carbons (Fsp3) is 0.235. The molecule has 3 rings (SSSR count). The predicted octanol–water partition coefficient (Wildman–Crippen LogP) is 2.54. The summed E-state index contributed by atoms with van der Waals surface area (Å²) in [6.45, 7) is 1.58. The molecule has 0 fully saturated rings. The molecule has 0 spiro atoms. The Morgan fingerprint density at radius 2 is 1.87 bits per heavy atom. The van der Waals surface area contributed by atoms with E-state index >= 15 is 0 Å². The Hall–Kier alpha value is -3.06. The van der Waals surface area contributed by atoms with Crippen LogP contribution in [0.2, 0.25) is 5.02 Å². The van der Waals surface area contributed by atoms with Crippen molar-refractivity contribution in [3.8, 4) is 5.95 Å². The number of hydrogen-bond donors (Lipinski definition) is 1. The standard InChI is InChI=1S/C17H14ClF3N6O3S/c1-10(14-24-9-25-27(14)16-22-3-2-4-23-16)26-15(28)11-5-12(18)7-13(6-11)31(29,30)8-17(19,20)21/h2-7,9-10H,8H2,1H3,(H,26,28)/t10-/m0/s1. The molecule has 1 atom stereocenters. The van der Waals surface area contributed by atoms with Gasteiger partial charge in [-0.15, -0.1) is 0 Å². The Balaban J connectivity index is 1.85. The van der Waals surface area contributed by atoms with Crippen LogP contribution in [0.5, 0.6) is 0 Å². The Kier molecular flexibility index (Phi) is 6.27. The number of sulfone groups is 1. The highest BCUT2D eigenvalue weighted by Gasteiger charge is 2.36. The lowest BCUT2D eigenvalue weighted by Crippen LogP contribution is -2.29. The first-order chi connectivity index (χ1) is 14.5. The minimum atomic E-state index is -4.94. The van der Waals surface area contributed by atoms with Crippen molar-refractivity contribution in [3.05, 3.63) is 59.4 Å². The third-order valence-electron chi connectivity index (χ3n) is 3.90. The molecule has 1 N–H and O–H groups in total. The molecule has 14 heteroatoms. The molecule has 0 bridgehead atoms. The summed E-state index contributed by atoms with van der Waals surface area (Å²) in [7, 11) is -4.74. The quantitative estimate of drug-likeness (QED) is 0.583. The second-order valence-electron chi connectivity index (χ2n) is 6.32. The zero-order valence-electron chi connectivity index (χ0n) is 15.7. The van der Waals surface area contributed by atoms with Gasteiger partial charge in [0.1, 0.15) is 6.33 Å². The van der Waals surface area contributed by atoms with Crippen LogP contribution in [0.25, 0.3) is 5.95 Å². The van der Waals surface area contributed by atoms with Gasteiger partial charge in [0.05, 0.1) is 10.9 Å². The lowest BCUT2D eigenvalue weighted by molar-refractivity contribution is -0.106. The van der Waals surface area contributed by atoms with E-state index < -0.39 is 38.6 Å². The summed E-state index contributed by atoms with van der Waals surface area (Å²) in [5.74, 6) is -2.37. The van der Waals surface area contributed by atoms with Gasteiger partial charge in [-0.05, 0) is 31.2 Å². The van der Waals surface area contributed by atoms with Crippen molar-refractivity contribution in [3.63, 3.8) is 0 Å². The number of nitrogens with zero attached hydrogens (tertiary/aromatic N) is 5. The Morgan fingerprint density at radius 1 is 1.19 bits per heavy atom. The van der Waals surface area contributed by atoms with E-state index in [0.717, 1.165) is 18.2 Å². The lowest BCUT2D eigenvalue weighted by Gasteiger charge is -2.15. The van der Waals surface area contributed by atoms with Gasteiger partial charge in [0, 0.05) is 23.0 Å². The van der Waals surface area contributed by atoms with E-state index in [1.165, 1.54) is 23.4 Å². The van der Waals surface area contributed by atoms with Gasteiger partial charge < -0.3 is 5.32 Å². The van der Waals surface area contributed by atoms with Crippen LogP contribution >= 0.6 is 11.6 Å². The Morgan fingerprint density at radius 3 is 2.52 bits per heavy atom. The van der Waals surface area contributed by atoms with Gasteiger partial charge >= 0.3 is 6.18 Å². The minimum Gasteiger partial charge on any atom is -0.342 e. The molecule has 9 nitrogen and oxygen atoms in total. The van der Waals surface area contributed by atoms with Gasteiger partial charge in [0.2, 0.25) is 0 Å². The molecular weight excluding hydrogens is 461 g/mol. The summed E-state index contributed by atoms with van der Waals surface area (Å²) in [6.07, 6.45) is -0.727. The van der Waals surface area contributed by atoms with Gasteiger partial charge in [0.25, 0.3) is 11.9 Å². The van der Waals surface area contributed by atoms with Crippen molar-refractivity contribution in [1.82, 2.24) is 30.0 Å². The van der Waals surface area contributed by atoms with Gasteiger partial charge in [-0.3, -0.25) is 4.79 Å². The van der Waals surface area contributed by atoms with Crippen molar-refractivity contribution >= 4 is 27.3 Å². The number of nitrogens with one attached hydrogen (secondary N) is 1. The smallest absolute Gasteiger partial charge is 0.342 e. The number of halogens is 4. The number of carbonyl (C=O) groups excluding carboxylic acids is 1. The van der Waals surface area contributed by atoms with Crippen LogP contribution in [0.4, 0.5) is 13.2 Å². The zero-order chi connectivity index (χ0) is 22.8. The number of aromatic nitrogens is 5. The van der Waals surface area contributed by atoms with E-state index in [-0.39, 0.29) is 22.4 Å². The zero-order valence-corrected chi connectivity index (χ0v) is 17.3. The molecule has 0 radical (unpaired) electrons. The molecular formula is C17H14ClF3N6O3S. The van der Waals surface area contributed by atoms with Crippen LogP contribution in [0, 0.1) is 0 Å². The average molecular weight is 475 g/mol. The predicted molar refractivity (Wildman–Crippen MR) is 102 cm³/mol. The fourth-order valence-corrected chi connectivity index (χ4v) is 4.13. The van der Waals surface area contributed by atoms with Crippen LogP contribution in [0.1, 0.15) is 29.1 Å². The van der Waals surface area contributed by atoms with E-state index in [4.69, 9.17) is 11.6 Å². The number of hydrogen-bond acceptors (Lipinski definition) is 7. The normalized spacial score (nSPS) is 13.1. The van der Waals surface area contributed by atoms with E-state index in [1.54, 1.807) is 13.0 Å². The molecule has 31 heavy (non-hydrogen) atoms. The first-order valence-corrected chi connectivity index (χ1v) is 10.6. The van der Waals surface area contributed by atoms with E-state index in [9.17, 15) is 26.4 Å². The topological polar surface area (TPSA) is 120 Å². The molecule has 3 aromatic rings. The van der Waals surface area contributed by atoms with Crippen LogP contribution in [-0.4, -0.2) is 51.0 Å². The number of benzene rings is 1. The van der Waals surface area contributed by atoms with E-state index in [0.29, 0.717) is 0 Å². The Labute approximate surface area is 179 Å². The second kappa shape index (κ2) is 8.59. The van der Waals surface area contributed by atoms with Crippen LogP contribution < -0.4 is 5.32 Å². The molecule has 1 aromatic carbocycles. The summed E-state index contributed by atoms with van der Waals surface area (Å²) >= 11 is 5.84. The molecule has 164 valence electrons. The molecule has 0 aliphatic carbocycles. The number of carbonyl (C=O) groups is 1. The first-order valence-electron chi connectivity index (χ1n) is 8.54. The molecule has 1 amide bonds. The van der Waals surface area contributed by atoms with Crippen LogP contribution in [-0.2, 0) is 9.84 Å². The van der Waals surface area contributed by atoms with Crippen molar-refractivity contribution in [1.29, 1.82) is 0 Å².